The molecule has 2 heterocycles. The number of aromatic nitrogens is 4. The smallest absolute Gasteiger partial charge is 0.238 e. The molecule has 3 rings (SSSR count). The van der Waals surface area contributed by atoms with Crippen LogP contribution >= 0.6 is 0 Å². The summed E-state index contributed by atoms with van der Waals surface area (Å²) in [5, 5.41) is 22.9. The van der Waals surface area contributed by atoms with Gasteiger partial charge in [-0.05, 0) is 25.0 Å². The van der Waals surface area contributed by atoms with Crippen molar-refractivity contribution < 1.29 is 13.5 Å². The van der Waals surface area contributed by atoms with E-state index in [1.165, 1.54) is 12.1 Å². The number of nitrogens with two attached hydrogens (primary N) is 1. The molecule has 0 atom stereocenters. The van der Waals surface area contributed by atoms with Crippen LogP contribution in [0.25, 0.3) is 22.3 Å². The van der Waals surface area contributed by atoms with E-state index in [2.05, 4.69) is 27.3 Å². The molecular weight excluding hydrogens is 380 g/mol. The highest BCUT2D eigenvalue weighted by Gasteiger charge is 2.16. The minimum Gasteiger partial charge on any atom is -0.396 e. The second kappa shape index (κ2) is 8.63. The van der Waals surface area contributed by atoms with Crippen LogP contribution < -0.4 is 10.5 Å². The van der Waals surface area contributed by atoms with Crippen LogP contribution in [0.2, 0.25) is 0 Å². The predicted molar refractivity (Wildman–Crippen MR) is 107 cm³/mol. The summed E-state index contributed by atoms with van der Waals surface area (Å²) in [7, 11) is -3.75. The van der Waals surface area contributed by atoms with Gasteiger partial charge < -0.3 is 10.4 Å². The van der Waals surface area contributed by atoms with E-state index in [0.717, 1.165) is 30.3 Å². The van der Waals surface area contributed by atoms with Gasteiger partial charge in [0.2, 0.25) is 16.0 Å². The van der Waals surface area contributed by atoms with Gasteiger partial charge in [-0.1, -0.05) is 25.5 Å². The monoisotopic (exact) mass is 404 g/mol. The van der Waals surface area contributed by atoms with Crippen LogP contribution in [-0.4, -0.2) is 46.4 Å². The molecule has 0 amide bonds. The molecule has 150 valence electrons. The molecule has 0 unspecified atom stereocenters. The van der Waals surface area contributed by atoms with Gasteiger partial charge in [0.15, 0.2) is 5.65 Å². The zero-order chi connectivity index (χ0) is 20.1. The maximum Gasteiger partial charge on any atom is 0.238 e. The van der Waals surface area contributed by atoms with Gasteiger partial charge in [-0.25, -0.2) is 23.2 Å². The number of nitrogens with zero attached hydrogens (tertiary/aromatic N) is 4. The van der Waals surface area contributed by atoms with Crippen LogP contribution in [0.15, 0.2) is 35.4 Å². The zero-order valence-corrected chi connectivity index (χ0v) is 16.5. The van der Waals surface area contributed by atoms with Gasteiger partial charge in [0.1, 0.15) is 5.69 Å². The van der Waals surface area contributed by atoms with Crippen molar-refractivity contribution in [3.05, 3.63) is 30.5 Å². The summed E-state index contributed by atoms with van der Waals surface area (Å²) in [5.74, 6) is 0.530. The Morgan fingerprint density at radius 2 is 1.96 bits per heavy atom. The van der Waals surface area contributed by atoms with E-state index in [9.17, 15) is 13.5 Å². The fourth-order valence-corrected chi connectivity index (χ4v) is 3.33. The molecule has 2 aromatic heterocycles. The minimum atomic E-state index is -3.75. The van der Waals surface area contributed by atoms with Gasteiger partial charge in [0, 0.05) is 31.5 Å². The number of aliphatic hydroxyl groups is 1. The molecule has 0 aliphatic rings. The molecule has 9 nitrogen and oxygen atoms in total. The van der Waals surface area contributed by atoms with Crippen LogP contribution in [-0.2, 0) is 16.6 Å². The van der Waals surface area contributed by atoms with E-state index in [1.807, 2.05) is 0 Å². The number of aliphatic hydroxyl groups excluding tert-OH is 1. The van der Waals surface area contributed by atoms with Crippen molar-refractivity contribution >= 4 is 27.0 Å². The first-order chi connectivity index (χ1) is 13.4. The molecule has 4 N–H and O–H groups in total. The lowest BCUT2D eigenvalue weighted by Crippen LogP contribution is -2.11. The molecule has 3 aromatic rings. The fourth-order valence-electron chi connectivity index (χ4n) is 2.81. The molecule has 1 aromatic carbocycles. The number of nitrogens with one attached hydrogen (secondary N) is 1. The summed E-state index contributed by atoms with van der Waals surface area (Å²) < 4.78 is 24.7. The summed E-state index contributed by atoms with van der Waals surface area (Å²) in [5.41, 5.74) is 2.04. The van der Waals surface area contributed by atoms with Gasteiger partial charge in [-0.3, -0.25) is 0 Å². The maximum atomic E-state index is 11.5. The molecule has 0 spiro atoms. The molecule has 0 saturated carbocycles. The van der Waals surface area contributed by atoms with Crippen molar-refractivity contribution in [3.63, 3.8) is 0 Å². The molecule has 0 fully saturated rings. The quantitative estimate of drug-likeness (QED) is 0.462. The minimum absolute atomic E-state index is 0.0407. The molecule has 0 radical (unpaired) electrons. The molecule has 10 heteroatoms. The van der Waals surface area contributed by atoms with Gasteiger partial charge in [0.05, 0.1) is 10.3 Å². The van der Waals surface area contributed by atoms with Crippen molar-refractivity contribution in [1.82, 2.24) is 19.7 Å². The van der Waals surface area contributed by atoms with Gasteiger partial charge in [-0.15, -0.1) is 0 Å². The molecule has 0 bridgehead atoms. The van der Waals surface area contributed by atoms with Crippen LogP contribution in [0.4, 0.5) is 5.95 Å². The maximum absolute atomic E-state index is 11.5. The van der Waals surface area contributed by atoms with Crippen molar-refractivity contribution in [2.75, 3.05) is 18.5 Å². The first-order valence-corrected chi connectivity index (χ1v) is 10.7. The summed E-state index contributed by atoms with van der Waals surface area (Å²) in [4.78, 5) is 9.00. The Balaban J connectivity index is 2.02. The highest BCUT2D eigenvalue weighted by molar-refractivity contribution is 7.89. The lowest BCUT2D eigenvalue weighted by molar-refractivity contribution is 0.278. The number of rotatable bonds is 9. The second-order valence-corrected chi connectivity index (χ2v) is 7.99. The molecule has 0 aliphatic heterocycles. The average molecular weight is 404 g/mol. The summed E-state index contributed by atoms with van der Waals surface area (Å²) in [6, 6.07) is 6.21. The third-order valence-corrected chi connectivity index (χ3v) is 5.22. The van der Waals surface area contributed by atoms with E-state index >= 15 is 0 Å². The standard InChI is InChI=1S/C18H24N6O3S/c1-2-3-9-20-18-21-12-15-16(23-24(10-4-11-25)17(15)22-18)13-5-7-14(8-6-13)28(19,26)27/h5-8,12,25H,2-4,9-11H2,1H3,(H2,19,26,27)(H,20,21,22). The number of anilines is 1. The average Bonchev–Trinajstić information content (AvgIpc) is 3.04. The topological polar surface area (TPSA) is 136 Å². The summed E-state index contributed by atoms with van der Waals surface area (Å²) in [6.07, 6.45) is 4.35. The lowest BCUT2D eigenvalue weighted by Gasteiger charge is -2.05. The van der Waals surface area contributed by atoms with Gasteiger partial charge in [0.25, 0.3) is 0 Å². The number of benzene rings is 1. The first-order valence-electron chi connectivity index (χ1n) is 9.15. The SMILES string of the molecule is CCCCNc1ncc2c(-c3ccc(S(N)(=O)=O)cc3)nn(CCCO)c2n1. The largest absolute Gasteiger partial charge is 0.396 e. The van der Waals surface area contributed by atoms with Crippen molar-refractivity contribution in [2.24, 2.45) is 5.14 Å². The third-order valence-electron chi connectivity index (χ3n) is 4.29. The van der Waals surface area contributed by atoms with E-state index in [1.54, 1.807) is 23.0 Å². The Hall–Kier alpha value is -2.56. The van der Waals surface area contributed by atoms with Crippen molar-refractivity contribution in [3.8, 4) is 11.3 Å². The summed E-state index contributed by atoms with van der Waals surface area (Å²) >= 11 is 0. The van der Waals surface area contributed by atoms with Gasteiger partial charge >= 0.3 is 0 Å². The van der Waals surface area contributed by atoms with Crippen LogP contribution in [0.3, 0.4) is 0 Å². The number of primary sulfonamides is 1. The fraction of sp³-hybridized carbons (Fsp3) is 0.389. The molecule has 28 heavy (non-hydrogen) atoms. The van der Waals surface area contributed by atoms with E-state index in [4.69, 9.17) is 5.14 Å². The Bertz CT molecular complexity index is 1050. The van der Waals surface area contributed by atoms with Crippen molar-refractivity contribution in [1.29, 1.82) is 0 Å². The zero-order valence-electron chi connectivity index (χ0n) is 15.7. The van der Waals surface area contributed by atoms with E-state index in [0.29, 0.717) is 30.3 Å². The number of sulfonamides is 1. The second-order valence-electron chi connectivity index (χ2n) is 6.43. The lowest BCUT2D eigenvalue weighted by atomic mass is 10.1. The van der Waals surface area contributed by atoms with Crippen LogP contribution in [0, 0.1) is 0 Å². The Morgan fingerprint density at radius 3 is 2.61 bits per heavy atom. The molecule has 0 aliphatic carbocycles. The van der Waals surface area contributed by atoms with E-state index in [-0.39, 0.29) is 11.5 Å². The van der Waals surface area contributed by atoms with Gasteiger partial charge in [-0.2, -0.15) is 10.1 Å². The number of unbranched alkanes of at least 4 members (excludes halogenated alkanes) is 1. The van der Waals surface area contributed by atoms with Crippen LogP contribution in [0.5, 0.6) is 0 Å². The Kier molecular flexibility index (Phi) is 6.22. The molecular formula is C18H24N6O3S. The third kappa shape index (κ3) is 4.46. The molecule has 0 saturated heterocycles. The summed E-state index contributed by atoms with van der Waals surface area (Å²) in [6.45, 7) is 3.46. The Morgan fingerprint density at radius 1 is 1.21 bits per heavy atom. The van der Waals surface area contributed by atoms with Crippen LogP contribution in [0.1, 0.15) is 26.2 Å². The number of hydrogen-bond donors (Lipinski definition) is 3. The first kappa shape index (κ1) is 20.2. The highest BCUT2D eigenvalue weighted by Crippen LogP contribution is 2.28. The highest BCUT2D eigenvalue weighted by atomic mass is 32.2. The van der Waals surface area contributed by atoms with Crippen molar-refractivity contribution in [2.45, 2.75) is 37.6 Å². The number of hydrogen-bond acceptors (Lipinski definition) is 7. The van der Waals surface area contributed by atoms with E-state index < -0.39 is 10.0 Å². The number of fused-ring (bicyclic) bond motifs is 1. The normalized spacial score (nSPS) is 11.8. The Labute approximate surface area is 163 Å². The number of aryl methyl sites for hydroxylation is 1. The predicted octanol–water partition coefficient (Wildman–Crippen LogP) is 1.74.